The van der Waals surface area contributed by atoms with E-state index in [1.807, 2.05) is 6.07 Å². The Bertz CT molecular complexity index is 358. The van der Waals surface area contributed by atoms with Crippen LogP contribution in [0.15, 0.2) is 18.3 Å². The van der Waals surface area contributed by atoms with E-state index in [0.717, 1.165) is 0 Å². The monoisotopic (exact) mass is 312 g/mol. The number of amides is 1. The summed E-state index contributed by atoms with van der Waals surface area (Å²) < 4.78 is 1.78. The van der Waals surface area contributed by atoms with Crippen molar-refractivity contribution in [1.29, 1.82) is 0 Å². The normalized spacial score (nSPS) is 11.2. The van der Waals surface area contributed by atoms with Gasteiger partial charge in [-0.15, -0.1) is 0 Å². The van der Waals surface area contributed by atoms with Gasteiger partial charge in [-0.3, -0.25) is 0 Å². The van der Waals surface area contributed by atoms with Crippen LogP contribution in [-0.4, -0.2) is 32.0 Å². The third kappa shape index (κ3) is 5.16. The molecule has 0 aliphatic carbocycles. The second kappa shape index (κ2) is 4.96. The fraction of sp³-hybridized carbons (Fsp3) is 0.455. The predicted molar refractivity (Wildman–Crippen MR) is 63.6 cm³/mol. The Morgan fingerprint density at radius 3 is 2.67 bits per heavy atom. The summed E-state index contributed by atoms with van der Waals surface area (Å²) in [5.41, 5.74) is 0. The van der Waals surface area contributed by atoms with E-state index in [4.69, 9.17) is 0 Å². The third-order valence-electron chi connectivity index (χ3n) is 1.58. The predicted octanol–water partition coefficient (Wildman–Crippen LogP) is 1.59. The Balaban J connectivity index is 2.79. The van der Waals surface area contributed by atoms with Crippen molar-refractivity contribution < 1.29 is 4.79 Å². The quantitative estimate of drug-likeness (QED) is 0.843. The molecule has 1 aromatic rings. The first kappa shape index (κ1) is 12.5. The molecule has 0 saturated carbocycles. The molecule has 0 bridgehead atoms. The van der Waals surface area contributed by atoms with Crippen LogP contribution in [0, 0.1) is 0 Å². The molecule has 1 rings (SSSR count). The fourth-order valence-corrected chi connectivity index (χ4v) is 4.71. The van der Waals surface area contributed by atoms with Gasteiger partial charge in [-0.2, -0.15) is 0 Å². The van der Waals surface area contributed by atoms with Crippen LogP contribution in [0.25, 0.3) is 0 Å². The van der Waals surface area contributed by atoms with Crippen LogP contribution in [0.5, 0.6) is 0 Å². The number of carbonyl (C=O) groups is 1. The summed E-state index contributed by atoms with van der Waals surface area (Å²) in [6.45, 7) is 8.28. The second-order valence-corrected chi connectivity index (χ2v) is 11.1. The fourth-order valence-electron chi connectivity index (χ4n) is 1.19. The topological polar surface area (TPSA) is 42.0 Å². The van der Waals surface area contributed by atoms with E-state index < -0.39 is 21.1 Å². The summed E-state index contributed by atoms with van der Waals surface area (Å²) in [6.07, 6.45) is 1.77. The summed E-state index contributed by atoms with van der Waals surface area (Å²) in [5, 5.41) is 2.71. The molecule has 0 spiro atoms. The summed E-state index contributed by atoms with van der Waals surface area (Å²) in [7, 11) is 0. The number of carbonyl (C=O) groups excluding carboxylic acids is 1. The Morgan fingerprint density at radius 2 is 2.13 bits per heavy atom. The Labute approximate surface area is 101 Å². The van der Waals surface area contributed by atoms with E-state index in [9.17, 15) is 4.79 Å². The van der Waals surface area contributed by atoms with Crippen molar-refractivity contribution in [3.63, 3.8) is 0 Å². The molecule has 0 aromatic carbocycles. The van der Waals surface area contributed by atoms with E-state index in [2.05, 4.69) is 37.1 Å². The Morgan fingerprint density at radius 1 is 1.47 bits per heavy atom. The number of pyridine rings is 1. The molecule has 0 fully saturated rings. The van der Waals surface area contributed by atoms with Gasteiger partial charge in [0.15, 0.2) is 0 Å². The van der Waals surface area contributed by atoms with E-state index in [1.54, 1.807) is 6.20 Å². The van der Waals surface area contributed by atoms with Crippen molar-refractivity contribution in [1.82, 2.24) is 4.98 Å². The van der Waals surface area contributed by atoms with Crippen molar-refractivity contribution in [3.8, 4) is 0 Å². The Hall–Kier alpha value is -0.581. The van der Waals surface area contributed by atoms with Gasteiger partial charge < -0.3 is 0 Å². The maximum absolute atomic E-state index is 10.9. The van der Waals surface area contributed by atoms with Crippen molar-refractivity contribution in [2.45, 2.75) is 31.1 Å². The molecular weight excluding hydrogens is 295 g/mol. The molecule has 4 heteroatoms. The van der Waals surface area contributed by atoms with Gasteiger partial charge in [0, 0.05) is 0 Å². The van der Waals surface area contributed by atoms with Gasteiger partial charge in [-0.05, 0) is 0 Å². The van der Waals surface area contributed by atoms with Crippen molar-refractivity contribution in [2.75, 3.05) is 5.32 Å². The third-order valence-corrected chi connectivity index (χ3v) is 5.44. The van der Waals surface area contributed by atoms with Crippen molar-refractivity contribution >= 4 is 36.4 Å². The first-order valence-electron chi connectivity index (χ1n) is 4.89. The van der Waals surface area contributed by atoms with Crippen molar-refractivity contribution in [3.05, 3.63) is 18.3 Å². The molecule has 1 amide bonds. The standard InChI is InChI=1S/C7H7N2O.C4H9.Sn/c1-6(10)9-7-4-2-3-5-8-7;1-4(2)3;/h3-5H,1H3,(H,8,9,10);1-3H3;. The van der Waals surface area contributed by atoms with E-state index in [0.29, 0.717) is 9.25 Å². The van der Waals surface area contributed by atoms with E-state index >= 15 is 0 Å². The first-order chi connectivity index (χ1) is 6.87. The van der Waals surface area contributed by atoms with E-state index in [1.165, 1.54) is 10.5 Å². The second-order valence-electron chi connectivity index (χ2n) is 4.49. The first-order valence-corrected chi connectivity index (χ1v) is 7.74. The van der Waals surface area contributed by atoms with Crippen LogP contribution in [0.4, 0.5) is 5.82 Å². The molecular formula is C11H16N2OSn. The van der Waals surface area contributed by atoms with Crippen LogP contribution in [-0.2, 0) is 4.79 Å². The molecule has 15 heavy (non-hydrogen) atoms. The van der Waals surface area contributed by atoms with Crippen LogP contribution in [0.2, 0.25) is 3.43 Å². The number of nitrogens with one attached hydrogen (secondary N) is 1. The number of rotatable bonds is 2. The number of hydrogen-bond donors (Lipinski definition) is 1. The molecule has 2 radical (unpaired) electrons. The van der Waals surface area contributed by atoms with Crippen LogP contribution >= 0.6 is 0 Å². The summed E-state index contributed by atoms with van der Waals surface area (Å²) in [4.78, 5) is 15.0. The average molecular weight is 311 g/mol. The van der Waals surface area contributed by atoms with E-state index in [-0.39, 0.29) is 5.91 Å². The minimum absolute atomic E-state index is 0.0687. The van der Waals surface area contributed by atoms with Gasteiger partial charge in [0.2, 0.25) is 0 Å². The molecule has 3 nitrogen and oxygen atoms in total. The molecule has 0 saturated heterocycles. The van der Waals surface area contributed by atoms with Crippen LogP contribution < -0.4 is 8.90 Å². The Kier molecular flexibility index (Phi) is 4.13. The zero-order valence-corrected chi connectivity index (χ0v) is 12.4. The van der Waals surface area contributed by atoms with Crippen molar-refractivity contribution in [2.24, 2.45) is 0 Å². The van der Waals surface area contributed by atoms with Gasteiger partial charge >= 0.3 is 101 Å². The zero-order chi connectivity index (χ0) is 11.5. The summed E-state index contributed by atoms with van der Waals surface area (Å²) in [5.74, 6) is 0.603. The molecule has 0 aliphatic heterocycles. The van der Waals surface area contributed by atoms with Gasteiger partial charge in [0.05, 0.1) is 0 Å². The maximum atomic E-state index is 10.9. The molecule has 80 valence electrons. The zero-order valence-electron chi connectivity index (χ0n) is 9.59. The van der Waals surface area contributed by atoms with Gasteiger partial charge in [0.1, 0.15) is 0 Å². The molecule has 1 heterocycles. The molecule has 0 atom stereocenters. The summed E-state index contributed by atoms with van der Waals surface area (Å²) >= 11 is -0.610. The summed E-state index contributed by atoms with van der Waals surface area (Å²) in [6, 6.07) is 4.06. The number of nitrogens with zero attached hydrogens (tertiary/aromatic N) is 1. The SMILES string of the molecule is CC(=O)Nc1c[c]([Sn][C](C)(C)C)ccn1. The molecule has 0 unspecified atom stereocenters. The van der Waals surface area contributed by atoms with Crippen LogP contribution in [0.1, 0.15) is 27.7 Å². The van der Waals surface area contributed by atoms with Crippen LogP contribution in [0.3, 0.4) is 0 Å². The number of aromatic nitrogens is 1. The molecule has 1 N–H and O–H groups in total. The molecule has 0 aliphatic rings. The van der Waals surface area contributed by atoms with Gasteiger partial charge in [-0.1, -0.05) is 0 Å². The van der Waals surface area contributed by atoms with Gasteiger partial charge in [-0.25, -0.2) is 0 Å². The number of hydrogen-bond acceptors (Lipinski definition) is 2. The van der Waals surface area contributed by atoms with Gasteiger partial charge in [0.25, 0.3) is 0 Å². The minimum atomic E-state index is -0.610. The average Bonchev–Trinajstić information content (AvgIpc) is 1.99. The molecule has 1 aromatic heterocycles. The number of anilines is 1.